The summed E-state index contributed by atoms with van der Waals surface area (Å²) in [5.41, 5.74) is 0.569. The van der Waals surface area contributed by atoms with Crippen LogP contribution in [0.3, 0.4) is 0 Å². The van der Waals surface area contributed by atoms with Gasteiger partial charge in [0.1, 0.15) is 5.82 Å². The monoisotopic (exact) mass is 413 g/mol. The molecule has 2 aromatic carbocycles. The topological polar surface area (TPSA) is 92.7 Å². The Labute approximate surface area is 168 Å². The van der Waals surface area contributed by atoms with Gasteiger partial charge in [-0.1, -0.05) is 47.5 Å². The molecule has 2 N–H and O–H groups in total. The first-order valence-electron chi connectivity index (χ1n) is 8.27. The first-order chi connectivity index (χ1) is 13.5. The van der Waals surface area contributed by atoms with Crippen LogP contribution in [0.25, 0.3) is 10.8 Å². The summed E-state index contributed by atoms with van der Waals surface area (Å²) in [6.07, 6.45) is 1.57. The highest BCUT2D eigenvalue weighted by atomic mass is 35.5. The van der Waals surface area contributed by atoms with Gasteiger partial charge in [0, 0.05) is 21.5 Å². The highest BCUT2D eigenvalue weighted by Gasteiger charge is 2.16. The van der Waals surface area contributed by atoms with Crippen molar-refractivity contribution in [3.8, 4) is 0 Å². The number of amides is 1. The molecule has 4 aromatic rings. The van der Waals surface area contributed by atoms with E-state index in [1.807, 2.05) is 0 Å². The smallest absolute Gasteiger partial charge is 0.277 e. The Morgan fingerprint density at radius 1 is 1.11 bits per heavy atom. The molecule has 0 unspecified atom stereocenters. The van der Waals surface area contributed by atoms with Crippen molar-refractivity contribution in [2.45, 2.75) is 6.54 Å². The molecule has 28 heavy (non-hydrogen) atoms. The number of anilines is 1. The molecule has 0 atom stereocenters. The third kappa shape index (κ3) is 3.49. The molecule has 0 aliphatic rings. The molecule has 7 nitrogen and oxygen atoms in total. The Morgan fingerprint density at radius 3 is 2.68 bits per heavy atom. The third-order valence-corrected chi connectivity index (χ3v) is 4.79. The van der Waals surface area contributed by atoms with Crippen LogP contribution in [0.1, 0.15) is 16.1 Å². The number of aromatic amines is 1. The van der Waals surface area contributed by atoms with Crippen molar-refractivity contribution < 1.29 is 4.79 Å². The van der Waals surface area contributed by atoms with Gasteiger partial charge in [-0.05, 0) is 23.8 Å². The average molecular weight is 414 g/mol. The molecule has 9 heteroatoms. The second kappa shape index (κ2) is 7.46. The van der Waals surface area contributed by atoms with Crippen LogP contribution in [-0.4, -0.2) is 25.9 Å². The van der Waals surface area contributed by atoms with Crippen molar-refractivity contribution in [2.75, 3.05) is 5.32 Å². The maximum Gasteiger partial charge on any atom is 0.277 e. The van der Waals surface area contributed by atoms with E-state index >= 15 is 0 Å². The van der Waals surface area contributed by atoms with E-state index in [2.05, 4.69) is 20.6 Å². The van der Waals surface area contributed by atoms with Gasteiger partial charge in [-0.15, -0.1) is 0 Å². The number of nitrogens with zero attached hydrogens (tertiary/aromatic N) is 3. The van der Waals surface area contributed by atoms with Crippen LogP contribution in [-0.2, 0) is 6.54 Å². The minimum absolute atomic E-state index is 0.118. The van der Waals surface area contributed by atoms with E-state index in [1.54, 1.807) is 59.4 Å². The summed E-state index contributed by atoms with van der Waals surface area (Å²) < 4.78 is 1.60. The predicted octanol–water partition coefficient (Wildman–Crippen LogP) is 3.73. The van der Waals surface area contributed by atoms with Crippen molar-refractivity contribution in [3.63, 3.8) is 0 Å². The molecule has 2 heterocycles. The number of carbonyl (C=O) groups is 1. The van der Waals surface area contributed by atoms with Crippen LogP contribution in [0.2, 0.25) is 10.0 Å². The van der Waals surface area contributed by atoms with Gasteiger partial charge < -0.3 is 5.32 Å². The van der Waals surface area contributed by atoms with Gasteiger partial charge in [-0.25, -0.2) is 9.78 Å². The molecule has 0 radical (unpaired) electrons. The second-order valence-electron chi connectivity index (χ2n) is 6.01. The van der Waals surface area contributed by atoms with E-state index < -0.39 is 5.91 Å². The molecule has 4 rings (SSSR count). The number of H-pyrrole nitrogens is 1. The molecular formula is C19H13Cl2N5O2. The van der Waals surface area contributed by atoms with Gasteiger partial charge in [0.2, 0.25) is 0 Å². The van der Waals surface area contributed by atoms with Gasteiger partial charge in [0.25, 0.3) is 11.5 Å². The summed E-state index contributed by atoms with van der Waals surface area (Å²) in [5, 5.41) is 15.2. The number of hydrogen-bond donors (Lipinski definition) is 2. The summed E-state index contributed by atoms with van der Waals surface area (Å²) in [6.45, 7) is 0.346. The van der Waals surface area contributed by atoms with Gasteiger partial charge in [0.15, 0.2) is 5.69 Å². The van der Waals surface area contributed by atoms with Crippen molar-refractivity contribution in [3.05, 3.63) is 86.4 Å². The number of halogens is 2. The molecule has 140 valence electrons. The fourth-order valence-electron chi connectivity index (χ4n) is 2.84. The fourth-order valence-corrected chi connectivity index (χ4v) is 3.31. The Hall–Kier alpha value is -3.16. The van der Waals surface area contributed by atoms with E-state index in [1.165, 1.54) is 0 Å². The lowest BCUT2D eigenvalue weighted by Gasteiger charge is -2.11. The number of benzene rings is 2. The molecular weight excluding hydrogens is 401 g/mol. The minimum atomic E-state index is -0.462. The zero-order chi connectivity index (χ0) is 19.7. The third-order valence-electron chi connectivity index (χ3n) is 4.20. The lowest BCUT2D eigenvalue weighted by atomic mass is 10.1. The van der Waals surface area contributed by atoms with E-state index in [0.717, 1.165) is 5.56 Å². The fraction of sp³-hybridized carbons (Fsp3) is 0.0526. The molecule has 0 fully saturated rings. The maximum absolute atomic E-state index is 12.8. The maximum atomic E-state index is 12.8. The van der Waals surface area contributed by atoms with Crippen LogP contribution in [0, 0.1) is 0 Å². The SMILES string of the molecule is O=C(Nc1ccnn1Cc1ccc(Cl)cc1Cl)c1n[nH]c(=O)c2ccccc12. The Bertz CT molecular complexity index is 1250. The summed E-state index contributed by atoms with van der Waals surface area (Å²) in [6, 6.07) is 13.6. The highest BCUT2D eigenvalue weighted by Crippen LogP contribution is 2.23. The van der Waals surface area contributed by atoms with E-state index in [-0.39, 0.29) is 11.3 Å². The lowest BCUT2D eigenvalue weighted by Crippen LogP contribution is -2.21. The molecule has 0 aliphatic heterocycles. The largest absolute Gasteiger partial charge is 0.305 e. The number of nitrogens with one attached hydrogen (secondary N) is 2. The van der Waals surface area contributed by atoms with Crippen molar-refractivity contribution in [1.29, 1.82) is 0 Å². The standard InChI is InChI=1S/C19H13Cl2N5O2/c20-12-6-5-11(15(21)9-12)10-26-16(7-8-22-26)23-19(28)17-13-3-1-2-4-14(13)18(27)25-24-17/h1-9H,10H2,(H,23,28)(H,25,27). The molecule has 0 spiro atoms. The molecule has 0 saturated heterocycles. The molecule has 0 aliphatic carbocycles. The molecule has 0 saturated carbocycles. The molecule has 2 aromatic heterocycles. The van der Waals surface area contributed by atoms with E-state index in [0.29, 0.717) is 33.2 Å². The van der Waals surface area contributed by atoms with Crippen LogP contribution < -0.4 is 10.9 Å². The predicted molar refractivity (Wildman–Crippen MR) is 108 cm³/mol. The van der Waals surface area contributed by atoms with Crippen LogP contribution in [0.15, 0.2) is 59.5 Å². The quantitative estimate of drug-likeness (QED) is 0.532. The Balaban J connectivity index is 1.63. The average Bonchev–Trinajstić information content (AvgIpc) is 3.11. The van der Waals surface area contributed by atoms with Crippen molar-refractivity contribution in [1.82, 2.24) is 20.0 Å². The first kappa shape index (κ1) is 18.2. The van der Waals surface area contributed by atoms with Gasteiger partial charge in [-0.2, -0.15) is 10.2 Å². The van der Waals surface area contributed by atoms with Crippen molar-refractivity contribution in [2.24, 2.45) is 0 Å². The van der Waals surface area contributed by atoms with Crippen LogP contribution >= 0.6 is 23.2 Å². The first-order valence-corrected chi connectivity index (χ1v) is 9.03. The van der Waals surface area contributed by atoms with Crippen molar-refractivity contribution >= 4 is 45.7 Å². The van der Waals surface area contributed by atoms with Crippen LogP contribution in [0.4, 0.5) is 5.82 Å². The number of rotatable bonds is 4. The van der Waals surface area contributed by atoms with Crippen LogP contribution in [0.5, 0.6) is 0 Å². The number of aromatic nitrogens is 4. The molecule has 1 amide bonds. The minimum Gasteiger partial charge on any atom is -0.305 e. The Kier molecular flexibility index (Phi) is 4.85. The van der Waals surface area contributed by atoms with Gasteiger partial charge >= 0.3 is 0 Å². The highest BCUT2D eigenvalue weighted by molar-refractivity contribution is 6.35. The van der Waals surface area contributed by atoms with Gasteiger partial charge in [-0.3, -0.25) is 9.59 Å². The second-order valence-corrected chi connectivity index (χ2v) is 6.85. The summed E-state index contributed by atoms with van der Waals surface area (Å²) in [4.78, 5) is 24.7. The molecule has 0 bridgehead atoms. The summed E-state index contributed by atoms with van der Waals surface area (Å²) >= 11 is 12.2. The zero-order valence-corrected chi connectivity index (χ0v) is 15.8. The number of carbonyl (C=O) groups excluding carboxylic acids is 1. The normalized spacial score (nSPS) is 10.9. The number of fused-ring (bicyclic) bond motifs is 1. The van der Waals surface area contributed by atoms with E-state index in [9.17, 15) is 9.59 Å². The Morgan fingerprint density at radius 2 is 1.89 bits per heavy atom. The summed E-state index contributed by atoms with van der Waals surface area (Å²) in [5.74, 6) is 0.00417. The van der Waals surface area contributed by atoms with E-state index in [4.69, 9.17) is 23.2 Å². The lowest BCUT2D eigenvalue weighted by molar-refractivity contribution is 0.102. The summed E-state index contributed by atoms with van der Waals surface area (Å²) in [7, 11) is 0. The number of hydrogen-bond acceptors (Lipinski definition) is 4. The van der Waals surface area contributed by atoms with Gasteiger partial charge in [0.05, 0.1) is 18.1 Å². The zero-order valence-electron chi connectivity index (χ0n) is 14.3.